The molecule has 2 N–H and O–H groups in total. The van der Waals surface area contributed by atoms with E-state index in [0.29, 0.717) is 17.9 Å². The first-order valence-electron chi connectivity index (χ1n) is 8.02. The molecule has 0 unspecified atom stereocenters. The smallest absolute Gasteiger partial charge is 0.262 e. The zero-order valence-corrected chi connectivity index (χ0v) is 13.4. The molecule has 0 fully saturated rings. The van der Waals surface area contributed by atoms with Crippen LogP contribution in [0, 0.1) is 0 Å². The van der Waals surface area contributed by atoms with Crippen LogP contribution in [-0.4, -0.2) is 18.4 Å². The zero-order chi connectivity index (χ0) is 17.2. The molecule has 0 bridgehead atoms. The maximum atomic E-state index is 12.1. The van der Waals surface area contributed by atoms with Crippen molar-refractivity contribution < 1.29 is 14.3 Å². The number of ether oxygens (including phenoxy) is 1. The summed E-state index contributed by atoms with van der Waals surface area (Å²) < 4.78 is 5.58. The van der Waals surface area contributed by atoms with Crippen molar-refractivity contribution in [2.24, 2.45) is 0 Å². The number of carbonyl (C=O) groups is 2. The maximum Gasteiger partial charge on any atom is 0.262 e. The number of carbonyl (C=O) groups excluding carboxylic acids is 2. The van der Waals surface area contributed by atoms with Crippen LogP contribution in [-0.2, 0) is 16.0 Å². The third-order valence-corrected chi connectivity index (χ3v) is 4.10. The van der Waals surface area contributed by atoms with Gasteiger partial charge >= 0.3 is 0 Å². The highest BCUT2D eigenvalue weighted by molar-refractivity contribution is 6.00. The van der Waals surface area contributed by atoms with E-state index in [2.05, 4.69) is 10.6 Å². The summed E-state index contributed by atoms with van der Waals surface area (Å²) in [5, 5.41) is 7.75. The Labute approximate surface area is 144 Å². The summed E-state index contributed by atoms with van der Waals surface area (Å²) in [4.78, 5) is 23.5. The van der Waals surface area contributed by atoms with Crippen molar-refractivity contribution in [1.82, 2.24) is 0 Å². The summed E-state index contributed by atoms with van der Waals surface area (Å²) in [6, 6.07) is 19.1. The van der Waals surface area contributed by atoms with Crippen molar-refractivity contribution >= 4 is 34.0 Å². The maximum absolute atomic E-state index is 12.1. The van der Waals surface area contributed by atoms with Crippen LogP contribution >= 0.6 is 0 Å². The summed E-state index contributed by atoms with van der Waals surface area (Å²) in [6.07, 6.45) is 0.340. The van der Waals surface area contributed by atoms with Crippen molar-refractivity contribution in [3.05, 3.63) is 66.2 Å². The molecule has 2 amide bonds. The second-order valence-electron chi connectivity index (χ2n) is 5.94. The highest BCUT2D eigenvalue weighted by Crippen LogP contribution is 2.26. The van der Waals surface area contributed by atoms with Crippen LogP contribution in [0.5, 0.6) is 5.75 Å². The number of nitrogens with one attached hydrogen (secondary N) is 2. The Morgan fingerprint density at radius 1 is 1.04 bits per heavy atom. The fourth-order valence-corrected chi connectivity index (χ4v) is 2.91. The third-order valence-electron chi connectivity index (χ3n) is 4.10. The van der Waals surface area contributed by atoms with Gasteiger partial charge in [0, 0.05) is 11.4 Å². The first kappa shape index (κ1) is 15.2. The van der Waals surface area contributed by atoms with Gasteiger partial charge in [0.1, 0.15) is 5.75 Å². The molecule has 0 spiro atoms. The van der Waals surface area contributed by atoms with Crippen molar-refractivity contribution in [2.75, 3.05) is 17.2 Å². The minimum Gasteiger partial charge on any atom is -0.484 e. The van der Waals surface area contributed by atoms with Crippen molar-refractivity contribution in [3.8, 4) is 5.75 Å². The Balaban J connectivity index is 1.39. The molecule has 5 nitrogen and oxygen atoms in total. The Morgan fingerprint density at radius 3 is 2.76 bits per heavy atom. The van der Waals surface area contributed by atoms with Gasteiger partial charge in [-0.2, -0.15) is 0 Å². The van der Waals surface area contributed by atoms with E-state index in [4.69, 9.17) is 4.74 Å². The third kappa shape index (κ3) is 3.30. The number of anilines is 2. The Morgan fingerprint density at radius 2 is 1.88 bits per heavy atom. The number of hydrogen-bond acceptors (Lipinski definition) is 3. The molecule has 1 aliphatic rings. The topological polar surface area (TPSA) is 67.4 Å². The summed E-state index contributed by atoms with van der Waals surface area (Å²) in [6.45, 7) is -0.0768. The van der Waals surface area contributed by atoms with E-state index >= 15 is 0 Å². The quantitative estimate of drug-likeness (QED) is 0.770. The van der Waals surface area contributed by atoms with Crippen LogP contribution in [0.4, 0.5) is 11.4 Å². The summed E-state index contributed by atoms with van der Waals surface area (Å²) >= 11 is 0. The molecule has 0 saturated heterocycles. The molecular formula is C20H16N2O3. The number of rotatable bonds is 4. The molecule has 1 heterocycles. The van der Waals surface area contributed by atoms with E-state index in [1.807, 2.05) is 42.5 Å². The minimum atomic E-state index is -0.245. The molecule has 5 heteroatoms. The van der Waals surface area contributed by atoms with Crippen LogP contribution in [0.3, 0.4) is 0 Å². The fraction of sp³-hybridized carbons (Fsp3) is 0.100. The normalized spacial score (nSPS) is 12.6. The number of benzene rings is 3. The van der Waals surface area contributed by atoms with E-state index < -0.39 is 0 Å². The molecule has 124 valence electrons. The predicted octanol–water partition coefficient (Wildman–Crippen LogP) is 3.35. The highest BCUT2D eigenvalue weighted by Gasteiger charge is 2.17. The van der Waals surface area contributed by atoms with Crippen LogP contribution in [0.25, 0.3) is 10.8 Å². The van der Waals surface area contributed by atoms with Gasteiger partial charge < -0.3 is 15.4 Å². The molecule has 3 aromatic carbocycles. The first-order valence-corrected chi connectivity index (χ1v) is 8.02. The number of fused-ring (bicyclic) bond motifs is 2. The van der Waals surface area contributed by atoms with Crippen LogP contribution in [0.1, 0.15) is 5.56 Å². The molecule has 0 saturated carbocycles. The van der Waals surface area contributed by atoms with Gasteiger partial charge in [0.15, 0.2) is 6.61 Å². The fourth-order valence-electron chi connectivity index (χ4n) is 2.91. The van der Waals surface area contributed by atoms with E-state index in [9.17, 15) is 9.59 Å². The lowest BCUT2D eigenvalue weighted by Gasteiger charge is -2.09. The lowest BCUT2D eigenvalue weighted by Crippen LogP contribution is -2.20. The van der Waals surface area contributed by atoms with Gasteiger partial charge in [0.05, 0.1) is 6.42 Å². The first-order chi connectivity index (χ1) is 12.2. The van der Waals surface area contributed by atoms with Gasteiger partial charge in [0.25, 0.3) is 5.91 Å². The molecule has 0 aliphatic carbocycles. The number of amides is 2. The van der Waals surface area contributed by atoms with Crippen molar-refractivity contribution in [2.45, 2.75) is 6.42 Å². The summed E-state index contributed by atoms with van der Waals surface area (Å²) in [5.41, 5.74) is 2.34. The monoisotopic (exact) mass is 332 g/mol. The lowest BCUT2D eigenvalue weighted by molar-refractivity contribution is -0.118. The molecule has 25 heavy (non-hydrogen) atoms. The van der Waals surface area contributed by atoms with E-state index in [1.165, 1.54) is 0 Å². The van der Waals surface area contributed by atoms with Crippen LogP contribution < -0.4 is 15.4 Å². The highest BCUT2D eigenvalue weighted by atomic mass is 16.5. The van der Waals surface area contributed by atoms with Gasteiger partial charge in [-0.3, -0.25) is 9.59 Å². The number of hydrogen-bond donors (Lipinski definition) is 2. The Hall–Kier alpha value is -3.34. The Kier molecular flexibility index (Phi) is 3.82. The van der Waals surface area contributed by atoms with E-state index in [1.54, 1.807) is 18.2 Å². The molecule has 4 rings (SSSR count). The predicted molar refractivity (Wildman–Crippen MR) is 96.8 cm³/mol. The van der Waals surface area contributed by atoms with Crippen molar-refractivity contribution in [3.63, 3.8) is 0 Å². The zero-order valence-electron chi connectivity index (χ0n) is 13.4. The van der Waals surface area contributed by atoms with Gasteiger partial charge in [-0.25, -0.2) is 0 Å². The van der Waals surface area contributed by atoms with Crippen LogP contribution in [0.15, 0.2) is 60.7 Å². The van der Waals surface area contributed by atoms with Gasteiger partial charge in [-0.1, -0.05) is 30.3 Å². The lowest BCUT2D eigenvalue weighted by atomic mass is 10.1. The average molecular weight is 332 g/mol. The minimum absolute atomic E-state index is 0.0295. The Bertz CT molecular complexity index is 982. The van der Waals surface area contributed by atoms with Gasteiger partial charge in [0.2, 0.25) is 5.91 Å². The molecule has 0 aromatic heterocycles. The van der Waals surface area contributed by atoms with E-state index in [0.717, 1.165) is 22.0 Å². The average Bonchev–Trinajstić information content (AvgIpc) is 2.99. The van der Waals surface area contributed by atoms with Crippen molar-refractivity contribution in [1.29, 1.82) is 0 Å². The molecular weight excluding hydrogens is 316 g/mol. The molecule has 0 radical (unpaired) electrons. The van der Waals surface area contributed by atoms with E-state index in [-0.39, 0.29) is 18.4 Å². The molecule has 1 aliphatic heterocycles. The summed E-state index contributed by atoms with van der Waals surface area (Å²) in [7, 11) is 0. The SMILES string of the molecule is O=C(COc1ccc2ccccc2c1)Nc1ccc2c(c1)CC(=O)N2. The second-order valence-corrected chi connectivity index (χ2v) is 5.94. The molecule has 3 aromatic rings. The van der Waals surface area contributed by atoms with Crippen LogP contribution in [0.2, 0.25) is 0 Å². The van der Waals surface area contributed by atoms with Gasteiger partial charge in [-0.05, 0) is 46.7 Å². The molecule has 0 atom stereocenters. The largest absolute Gasteiger partial charge is 0.484 e. The summed E-state index contributed by atoms with van der Waals surface area (Å²) in [5.74, 6) is 0.376. The van der Waals surface area contributed by atoms with Gasteiger partial charge in [-0.15, -0.1) is 0 Å². The second kappa shape index (κ2) is 6.28. The standard InChI is InChI=1S/C20H16N2O3/c23-19-11-15-9-16(6-8-18(15)22-19)21-20(24)12-25-17-7-5-13-3-1-2-4-14(13)10-17/h1-10H,11-12H2,(H,21,24)(H,22,23).